The third-order valence-corrected chi connectivity index (χ3v) is 5.46. The average Bonchev–Trinajstić information content (AvgIpc) is 3.33. The molecule has 0 aliphatic heterocycles. The second-order valence-corrected chi connectivity index (χ2v) is 7.40. The fourth-order valence-electron chi connectivity index (χ4n) is 2.27. The van der Waals surface area contributed by atoms with Crippen LogP contribution >= 0.6 is 23.1 Å². The molecule has 0 radical (unpaired) electrons. The number of amides is 1. The number of nitrogens with one attached hydrogen (secondary N) is 1. The van der Waals surface area contributed by atoms with Crippen LogP contribution in [0.4, 0.5) is 5.13 Å². The minimum atomic E-state index is -0.180. The normalized spacial score (nSPS) is 11.0. The third-order valence-electron chi connectivity index (χ3n) is 3.56. The zero-order valence-electron chi connectivity index (χ0n) is 14.2. The molecule has 11 heteroatoms. The van der Waals surface area contributed by atoms with E-state index in [4.69, 9.17) is 0 Å². The fourth-order valence-corrected chi connectivity index (χ4v) is 3.65. The molecule has 136 valence electrons. The molecule has 4 rings (SSSR count). The molecule has 4 aromatic heterocycles. The first-order valence-corrected chi connectivity index (χ1v) is 9.91. The SMILES string of the molecule is CCc1nnc(NC(=O)CSc2nnc3ccc(-c4ccncc4)nn23)s1. The monoisotopic (exact) mass is 398 g/mol. The van der Waals surface area contributed by atoms with Crippen molar-refractivity contribution in [2.45, 2.75) is 18.5 Å². The molecule has 4 heterocycles. The third kappa shape index (κ3) is 3.93. The number of nitrogens with zero attached hydrogens (tertiary/aromatic N) is 7. The highest BCUT2D eigenvalue weighted by Gasteiger charge is 2.13. The maximum atomic E-state index is 12.2. The predicted molar refractivity (Wildman–Crippen MR) is 103 cm³/mol. The molecule has 9 nitrogen and oxygen atoms in total. The van der Waals surface area contributed by atoms with Gasteiger partial charge in [0.15, 0.2) is 5.65 Å². The molecule has 1 N–H and O–H groups in total. The quantitative estimate of drug-likeness (QED) is 0.493. The lowest BCUT2D eigenvalue weighted by molar-refractivity contribution is -0.113. The zero-order valence-corrected chi connectivity index (χ0v) is 15.9. The van der Waals surface area contributed by atoms with Crippen molar-refractivity contribution in [3.05, 3.63) is 41.7 Å². The average molecular weight is 398 g/mol. The Hall–Kier alpha value is -2.92. The van der Waals surface area contributed by atoms with Gasteiger partial charge in [-0.3, -0.25) is 15.1 Å². The van der Waals surface area contributed by atoms with Gasteiger partial charge in [0.25, 0.3) is 0 Å². The predicted octanol–water partition coefficient (Wildman–Crippen LogP) is 2.33. The van der Waals surface area contributed by atoms with Crippen LogP contribution < -0.4 is 5.32 Å². The van der Waals surface area contributed by atoms with E-state index in [0.29, 0.717) is 15.9 Å². The summed E-state index contributed by atoms with van der Waals surface area (Å²) in [5, 5.41) is 25.4. The molecule has 0 aliphatic carbocycles. The summed E-state index contributed by atoms with van der Waals surface area (Å²) in [4.78, 5) is 16.2. The second-order valence-electron chi connectivity index (χ2n) is 5.40. The van der Waals surface area contributed by atoms with E-state index in [2.05, 4.69) is 35.8 Å². The Morgan fingerprint density at radius 3 is 2.78 bits per heavy atom. The number of anilines is 1. The van der Waals surface area contributed by atoms with Gasteiger partial charge < -0.3 is 0 Å². The van der Waals surface area contributed by atoms with Crippen LogP contribution in [0.1, 0.15) is 11.9 Å². The van der Waals surface area contributed by atoms with Gasteiger partial charge in [-0.2, -0.15) is 9.61 Å². The van der Waals surface area contributed by atoms with Gasteiger partial charge in [0.2, 0.25) is 16.2 Å². The van der Waals surface area contributed by atoms with Gasteiger partial charge in [-0.15, -0.1) is 20.4 Å². The number of hydrogen-bond acceptors (Lipinski definition) is 9. The highest BCUT2D eigenvalue weighted by atomic mass is 32.2. The van der Waals surface area contributed by atoms with Crippen molar-refractivity contribution in [3.63, 3.8) is 0 Å². The van der Waals surface area contributed by atoms with Crippen LogP contribution in [0.25, 0.3) is 16.9 Å². The molecule has 0 atom stereocenters. The number of aromatic nitrogens is 7. The standard InChI is InChI=1S/C16H14N8OS2/c1-2-14-20-21-15(27-14)18-13(25)9-26-16-22-19-12-4-3-11(23-24(12)16)10-5-7-17-8-6-10/h3-8H,2,9H2,1H3,(H,18,21,25). The zero-order chi connectivity index (χ0) is 18.6. The van der Waals surface area contributed by atoms with E-state index in [1.54, 1.807) is 16.9 Å². The number of hydrogen-bond donors (Lipinski definition) is 1. The minimum Gasteiger partial charge on any atom is -0.300 e. The van der Waals surface area contributed by atoms with E-state index < -0.39 is 0 Å². The second kappa shape index (κ2) is 7.76. The summed E-state index contributed by atoms with van der Waals surface area (Å²) in [6.45, 7) is 1.99. The van der Waals surface area contributed by atoms with E-state index >= 15 is 0 Å². The van der Waals surface area contributed by atoms with Gasteiger partial charge in [0, 0.05) is 18.0 Å². The van der Waals surface area contributed by atoms with Gasteiger partial charge in [-0.05, 0) is 30.7 Å². The number of aryl methyl sites for hydroxylation is 1. The van der Waals surface area contributed by atoms with Gasteiger partial charge in [0.05, 0.1) is 11.4 Å². The number of pyridine rings is 1. The van der Waals surface area contributed by atoms with Crippen LogP contribution in [0.15, 0.2) is 41.8 Å². The lowest BCUT2D eigenvalue weighted by atomic mass is 10.2. The van der Waals surface area contributed by atoms with Crippen LogP contribution in [0.2, 0.25) is 0 Å². The van der Waals surface area contributed by atoms with Crippen LogP contribution in [0.5, 0.6) is 0 Å². The van der Waals surface area contributed by atoms with Crippen LogP contribution in [-0.2, 0) is 11.2 Å². The highest BCUT2D eigenvalue weighted by Crippen LogP contribution is 2.21. The summed E-state index contributed by atoms with van der Waals surface area (Å²) in [6, 6.07) is 7.48. The lowest BCUT2D eigenvalue weighted by Gasteiger charge is -2.03. The number of fused-ring (bicyclic) bond motifs is 1. The van der Waals surface area contributed by atoms with Gasteiger partial charge in [-0.25, -0.2) is 0 Å². The summed E-state index contributed by atoms with van der Waals surface area (Å²) in [7, 11) is 0. The van der Waals surface area contributed by atoms with Gasteiger partial charge in [0.1, 0.15) is 5.01 Å². The van der Waals surface area contributed by atoms with E-state index in [-0.39, 0.29) is 11.7 Å². The first-order chi connectivity index (χ1) is 13.2. The van der Waals surface area contributed by atoms with Crippen molar-refractivity contribution in [1.29, 1.82) is 0 Å². The fraction of sp³-hybridized carbons (Fsp3) is 0.188. The Labute approximate surface area is 162 Å². The molecule has 0 spiro atoms. The first kappa shape index (κ1) is 17.5. The molecule has 1 amide bonds. The smallest absolute Gasteiger partial charge is 0.236 e. The number of carbonyl (C=O) groups excluding carboxylic acids is 1. The van der Waals surface area contributed by atoms with E-state index in [9.17, 15) is 4.79 Å². The number of thioether (sulfide) groups is 1. The molecule has 27 heavy (non-hydrogen) atoms. The molecule has 0 fully saturated rings. The number of carbonyl (C=O) groups is 1. The summed E-state index contributed by atoms with van der Waals surface area (Å²) in [5.41, 5.74) is 2.33. The maximum absolute atomic E-state index is 12.2. The van der Waals surface area contributed by atoms with Gasteiger partial charge >= 0.3 is 0 Å². The summed E-state index contributed by atoms with van der Waals surface area (Å²) in [6.07, 6.45) is 4.22. The maximum Gasteiger partial charge on any atom is 0.236 e. The molecular weight excluding hydrogens is 384 g/mol. The Kier molecular flexibility index (Phi) is 5.03. The molecule has 0 unspecified atom stereocenters. The molecule has 0 saturated carbocycles. The molecule has 0 aromatic carbocycles. The van der Waals surface area contributed by atoms with Crippen molar-refractivity contribution < 1.29 is 4.79 Å². The van der Waals surface area contributed by atoms with E-state index in [1.165, 1.54) is 23.1 Å². The van der Waals surface area contributed by atoms with E-state index in [0.717, 1.165) is 22.7 Å². The van der Waals surface area contributed by atoms with Gasteiger partial charge in [-0.1, -0.05) is 30.0 Å². The highest BCUT2D eigenvalue weighted by molar-refractivity contribution is 7.99. The Balaban J connectivity index is 1.47. The first-order valence-electron chi connectivity index (χ1n) is 8.11. The lowest BCUT2D eigenvalue weighted by Crippen LogP contribution is -2.14. The molecule has 0 bridgehead atoms. The van der Waals surface area contributed by atoms with Crippen molar-refractivity contribution >= 4 is 39.8 Å². The molecule has 4 aromatic rings. The Morgan fingerprint density at radius 2 is 2.00 bits per heavy atom. The summed E-state index contributed by atoms with van der Waals surface area (Å²) >= 11 is 2.63. The Morgan fingerprint density at radius 1 is 1.15 bits per heavy atom. The van der Waals surface area contributed by atoms with Crippen LogP contribution in [0, 0.1) is 0 Å². The summed E-state index contributed by atoms with van der Waals surface area (Å²) in [5.74, 6) is -0.0101. The number of rotatable bonds is 6. The topological polar surface area (TPSA) is 111 Å². The van der Waals surface area contributed by atoms with Crippen molar-refractivity contribution in [2.24, 2.45) is 0 Å². The minimum absolute atomic E-state index is 0.170. The van der Waals surface area contributed by atoms with Crippen molar-refractivity contribution in [1.82, 2.24) is 35.0 Å². The molecule has 0 saturated heterocycles. The van der Waals surface area contributed by atoms with Crippen molar-refractivity contribution in [3.8, 4) is 11.3 Å². The largest absolute Gasteiger partial charge is 0.300 e. The Bertz CT molecular complexity index is 1080. The molecule has 0 aliphatic rings. The summed E-state index contributed by atoms with van der Waals surface area (Å²) < 4.78 is 1.63. The van der Waals surface area contributed by atoms with Crippen molar-refractivity contribution in [2.75, 3.05) is 11.1 Å². The molecular formula is C16H14N8OS2. The van der Waals surface area contributed by atoms with Crippen LogP contribution in [0.3, 0.4) is 0 Å². The van der Waals surface area contributed by atoms with Crippen LogP contribution in [-0.4, -0.2) is 46.7 Å². The van der Waals surface area contributed by atoms with E-state index in [1.807, 2.05) is 31.2 Å².